The molecule has 1 rings (SSSR count). The average Bonchev–Trinajstić information content (AvgIpc) is 2.15. The minimum Gasteiger partial charge on any atom is -0.477 e. The van der Waals surface area contributed by atoms with Crippen LogP contribution in [0.25, 0.3) is 0 Å². The second kappa shape index (κ2) is 4.45. The predicted octanol–water partition coefficient (Wildman–Crippen LogP) is 0.819. The van der Waals surface area contributed by atoms with Crippen molar-refractivity contribution in [3.8, 4) is 6.01 Å². The normalized spacial score (nSPS) is 10.2. The molecule has 1 heterocycles. The van der Waals surface area contributed by atoms with Crippen LogP contribution in [0.5, 0.6) is 6.01 Å². The molecule has 0 aliphatic heterocycles. The van der Waals surface area contributed by atoms with Crippen molar-refractivity contribution >= 4 is 5.97 Å². The van der Waals surface area contributed by atoms with Crippen molar-refractivity contribution in [3.05, 3.63) is 18.0 Å². The number of ether oxygens (including phenoxy) is 1. The van der Waals surface area contributed by atoms with Crippen molar-refractivity contribution in [2.75, 3.05) is 6.61 Å². The molecule has 0 atom stereocenters. The highest BCUT2D eigenvalue weighted by Gasteiger charge is 2.09. The van der Waals surface area contributed by atoms with Crippen LogP contribution in [0.4, 0.5) is 8.78 Å². The minimum atomic E-state index is -2.65. The molecule has 1 aromatic heterocycles. The van der Waals surface area contributed by atoms with E-state index in [1.807, 2.05) is 0 Å². The number of hydrogen-bond acceptors (Lipinski definition) is 4. The van der Waals surface area contributed by atoms with Crippen LogP contribution in [0.1, 0.15) is 10.5 Å². The topological polar surface area (TPSA) is 72.3 Å². The molecule has 0 amide bonds. The number of aromatic carboxylic acids is 1. The van der Waals surface area contributed by atoms with Crippen LogP contribution >= 0.6 is 0 Å². The van der Waals surface area contributed by atoms with Gasteiger partial charge in [-0.25, -0.2) is 18.6 Å². The van der Waals surface area contributed by atoms with Gasteiger partial charge in [0, 0.05) is 6.20 Å². The van der Waals surface area contributed by atoms with E-state index in [4.69, 9.17) is 5.11 Å². The van der Waals surface area contributed by atoms with Gasteiger partial charge < -0.3 is 9.84 Å². The molecule has 0 radical (unpaired) electrons. The van der Waals surface area contributed by atoms with E-state index >= 15 is 0 Å². The van der Waals surface area contributed by atoms with E-state index in [9.17, 15) is 13.6 Å². The van der Waals surface area contributed by atoms with Gasteiger partial charge in [0.15, 0.2) is 12.3 Å². The standard InChI is InChI=1S/C7H6F2N2O3/c8-5(9)3-14-7-10-2-1-4(11-7)6(12)13/h1-2,5H,3H2,(H,12,13). The van der Waals surface area contributed by atoms with E-state index in [1.54, 1.807) is 0 Å². The third-order valence-corrected chi connectivity index (χ3v) is 1.19. The Kier molecular flexibility index (Phi) is 3.27. The first kappa shape index (κ1) is 10.3. The first-order valence-corrected chi connectivity index (χ1v) is 3.57. The Morgan fingerprint density at radius 2 is 2.36 bits per heavy atom. The van der Waals surface area contributed by atoms with Gasteiger partial charge in [0.2, 0.25) is 0 Å². The highest BCUT2D eigenvalue weighted by atomic mass is 19.3. The molecule has 0 aliphatic rings. The van der Waals surface area contributed by atoms with Gasteiger partial charge in [-0.2, -0.15) is 4.98 Å². The Hall–Kier alpha value is -1.79. The molecule has 1 N–H and O–H groups in total. The zero-order valence-corrected chi connectivity index (χ0v) is 6.85. The second-order valence-electron chi connectivity index (χ2n) is 2.23. The van der Waals surface area contributed by atoms with Crippen molar-refractivity contribution < 1.29 is 23.4 Å². The lowest BCUT2D eigenvalue weighted by molar-refractivity contribution is 0.0680. The summed E-state index contributed by atoms with van der Waals surface area (Å²) in [5, 5.41) is 8.49. The van der Waals surface area contributed by atoms with Crippen LogP contribution in [0.3, 0.4) is 0 Å². The molecule has 0 fully saturated rings. The fraction of sp³-hybridized carbons (Fsp3) is 0.286. The van der Waals surface area contributed by atoms with E-state index in [0.29, 0.717) is 0 Å². The monoisotopic (exact) mass is 204 g/mol. The predicted molar refractivity (Wildman–Crippen MR) is 40.5 cm³/mol. The largest absolute Gasteiger partial charge is 0.477 e. The van der Waals surface area contributed by atoms with Crippen LogP contribution in [0, 0.1) is 0 Å². The molecule has 76 valence electrons. The molecule has 0 bridgehead atoms. The van der Waals surface area contributed by atoms with Crippen molar-refractivity contribution in [3.63, 3.8) is 0 Å². The molecule has 0 aliphatic carbocycles. The number of alkyl halides is 2. The number of hydrogen-bond donors (Lipinski definition) is 1. The summed E-state index contributed by atoms with van der Waals surface area (Å²) >= 11 is 0. The van der Waals surface area contributed by atoms with Gasteiger partial charge in [-0.1, -0.05) is 0 Å². The molecule has 0 aromatic carbocycles. The maximum Gasteiger partial charge on any atom is 0.354 e. The van der Waals surface area contributed by atoms with Crippen LogP contribution in [-0.4, -0.2) is 34.1 Å². The molecule has 0 unspecified atom stereocenters. The van der Waals surface area contributed by atoms with Gasteiger partial charge in [0.25, 0.3) is 6.43 Å². The molecular formula is C7H6F2N2O3. The van der Waals surface area contributed by atoms with E-state index in [1.165, 1.54) is 0 Å². The maximum absolute atomic E-state index is 11.7. The van der Waals surface area contributed by atoms with Gasteiger partial charge in [-0.3, -0.25) is 0 Å². The summed E-state index contributed by atoms with van der Waals surface area (Å²) in [5.74, 6) is -1.27. The van der Waals surface area contributed by atoms with E-state index in [2.05, 4.69) is 14.7 Å². The molecule has 5 nitrogen and oxygen atoms in total. The van der Waals surface area contributed by atoms with Crippen molar-refractivity contribution in [1.29, 1.82) is 0 Å². The number of nitrogens with zero attached hydrogens (tertiary/aromatic N) is 2. The summed E-state index contributed by atoms with van der Waals surface area (Å²) in [7, 11) is 0. The summed E-state index contributed by atoms with van der Waals surface area (Å²) in [6.45, 7) is -0.858. The Bertz CT molecular complexity index is 332. The molecule has 0 saturated heterocycles. The Morgan fingerprint density at radius 1 is 1.64 bits per heavy atom. The number of aromatic nitrogens is 2. The fourth-order valence-electron chi connectivity index (χ4n) is 0.667. The molecule has 1 aromatic rings. The van der Waals surface area contributed by atoms with Crippen LogP contribution in [-0.2, 0) is 0 Å². The molecule has 7 heteroatoms. The lowest BCUT2D eigenvalue weighted by atomic mass is 10.4. The summed E-state index contributed by atoms with van der Waals surface area (Å²) in [6, 6.07) is 0.766. The lowest BCUT2D eigenvalue weighted by Gasteiger charge is -2.02. The van der Waals surface area contributed by atoms with E-state index in [0.717, 1.165) is 12.3 Å². The highest BCUT2D eigenvalue weighted by molar-refractivity contribution is 5.85. The molecular weight excluding hydrogens is 198 g/mol. The third kappa shape index (κ3) is 2.92. The third-order valence-electron chi connectivity index (χ3n) is 1.19. The van der Waals surface area contributed by atoms with Crippen molar-refractivity contribution in [2.45, 2.75) is 6.43 Å². The van der Waals surface area contributed by atoms with Gasteiger partial charge in [0.1, 0.15) is 0 Å². The fourth-order valence-corrected chi connectivity index (χ4v) is 0.667. The second-order valence-corrected chi connectivity index (χ2v) is 2.23. The van der Waals surface area contributed by atoms with Gasteiger partial charge >= 0.3 is 12.0 Å². The first-order chi connectivity index (χ1) is 6.59. The maximum atomic E-state index is 11.7. The SMILES string of the molecule is O=C(O)c1ccnc(OCC(F)F)n1. The highest BCUT2D eigenvalue weighted by Crippen LogP contribution is 2.04. The summed E-state index contributed by atoms with van der Waals surface area (Å²) in [5.41, 5.74) is -0.302. The average molecular weight is 204 g/mol. The Morgan fingerprint density at radius 3 is 2.93 bits per heavy atom. The zero-order chi connectivity index (χ0) is 10.6. The minimum absolute atomic E-state index is 0.302. The zero-order valence-electron chi connectivity index (χ0n) is 6.85. The summed E-state index contributed by atoms with van der Waals surface area (Å²) in [6.07, 6.45) is -1.52. The summed E-state index contributed by atoms with van der Waals surface area (Å²) < 4.78 is 27.8. The van der Waals surface area contributed by atoms with E-state index in [-0.39, 0.29) is 11.7 Å². The smallest absolute Gasteiger partial charge is 0.354 e. The van der Waals surface area contributed by atoms with Crippen LogP contribution < -0.4 is 4.74 Å². The molecule has 14 heavy (non-hydrogen) atoms. The first-order valence-electron chi connectivity index (χ1n) is 3.57. The van der Waals surface area contributed by atoms with Gasteiger partial charge in [0.05, 0.1) is 0 Å². The number of rotatable bonds is 4. The number of carboxylic acids is 1. The van der Waals surface area contributed by atoms with Crippen LogP contribution in [0.2, 0.25) is 0 Å². The summed E-state index contributed by atoms with van der Waals surface area (Å²) in [4.78, 5) is 17.2. The van der Waals surface area contributed by atoms with Gasteiger partial charge in [-0.15, -0.1) is 0 Å². The van der Waals surface area contributed by atoms with Crippen molar-refractivity contribution in [1.82, 2.24) is 9.97 Å². The lowest BCUT2D eigenvalue weighted by Crippen LogP contribution is -2.10. The van der Waals surface area contributed by atoms with E-state index < -0.39 is 19.0 Å². The Labute approximate surface area is 77.4 Å². The number of carboxylic acid groups (broad SMARTS) is 1. The molecule has 0 spiro atoms. The number of halogens is 2. The van der Waals surface area contributed by atoms with Crippen LogP contribution in [0.15, 0.2) is 12.3 Å². The van der Waals surface area contributed by atoms with Crippen molar-refractivity contribution in [2.24, 2.45) is 0 Å². The Balaban J connectivity index is 2.69. The molecule has 0 saturated carbocycles. The number of carbonyl (C=O) groups is 1. The van der Waals surface area contributed by atoms with Gasteiger partial charge in [-0.05, 0) is 6.07 Å². The quantitative estimate of drug-likeness (QED) is 0.785.